The van der Waals surface area contributed by atoms with Crippen LogP contribution < -0.4 is 20.5 Å². The molecule has 1 amide bonds. The number of halogens is 1. The zero-order valence-corrected chi connectivity index (χ0v) is 12.8. The van der Waals surface area contributed by atoms with E-state index in [1.54, 1.807) is 7.11 Å². The summed E-state index contributed by atoms with van der Waals surface area (Å²) in [7, 11) is 1.60. The largest absolute Gasteiger partial charge is 0.493 e. The highest BCUT2D eigenvalue weighted by atomic mass is 35.5. The Bertz CT molecular complexity index is 413. The molecule has 0 aliphatic heterocycles. The molecule has 0 atom stereocenters. The van der Waals surface area contributed by atoms with Crippen LogP contribution in [0.4, 0.5) is 0 Å². The maximum absolute atomic E-state index is 11.5. The lowest BCUT2D eigenvalue weighted by Gasteiger charge is -2.11. The molecule has 0 radical (unpaired) electrons. The van der Waals surface area contributed by atoms with Crippen LogP contribution in [0.1, 0.15) is 25.3 Å². The standard InChI is InChI=1S/C14H22N2O3.ClH/c1-3-19-12-7-6-11(9-13(12)18-2)10-16-14(17)5-4-8-15;/h6-7,9H,3-5,8,10,15H2,1-2H3,(H,16,17);1H. The molecule has 0 fully saturated rings. The Labute approximate surface area is 126 Å². The lowest BCUT2D eigenvalue weighted by molar-refractivity contribution is -0.121. The van der Waals surface area contributed by atoms with Crippen LogP contribution in [0.2, 0.25) is 0 Å². The molecular formula is C14H23ClN2O3. The van der Waals surface area contributed by atoms with Gasteiger partial charge in [0, 0.05) is 13.0 Å². The van der Waals surface area contributed by atoms with Crippen molar-refractivity contribution in [1.82, 2.24) is 5.32 Å². The summed E-state index contributed by atoms with van der Waals surface area (Å²) in [6.45, 7) is 3.52. The molecule has 0 aliphatic carbocycles. The number of carbonyl (C=O) groups is 1. The van der Waals surface area contributed by atoms with Crippen molar-refractivity contribution in [1.29, 1.82) is 0 Å². The summed E-state index contributed by atoms with van der Waals surface area (Å²) in [5.41, 5.74) is 6.33. The van der Waals surface area contributed by atoms with Crippen LogP contribution in [0.3, 0.4) is 0 Å². The maximum atomic E-state index is 11.5. The molecule has 1 aromatic rings. The van der Waals surface area contributed by atoms with Crippen LogP contribution >= 0.6 is 12.4 Å². The molecule has 114 valence electrons. The number of hydrogen-bond donors (Lipinski definition) is 2. The summed E-state index contributed by atoms with van der Waals surface area (Å²) in [5.74, 6) is 1.40. The van der Waals surface area contributed by atoms with Gasteiger partial charge in [0.15, 0.2) is 11.5 Å². The Morgan fingerprint density at radius 2 is 2.10 bits per heavy atom. The molecule has 0 unspecified atom stereocenters. The molecule has 1 rings (SSSR count). The number of nitrogens with two attached hydrogens (primary N) is 1. The smallest absolute Gasteiger partial charge is 0.220 e. The third kappa shape index (κ3) is 6.12. The van der Waals surface area contributed by atoms with Crippen molar-refractivity contribution in [2.24, 2.45) is 5.73 Å². The first-order valence-corrected chi connectivity index (χ1v) is 6.47. The number of ether oxygens (including phenoxy) is 2. The van der Waals surface area contributed by atoms with Gasteiger partial charge in [-0.15, -0.1) is 12.4 Å². The van der Waals surface area contributed by atoms with E-state index in [1.165, 1.54) is 0 Å². The number of amides is 1. The van der Waals surface area contributed by atoms with Gasteiger partial charge in [0.25, 0.3) is 0 Å². The van der Waals surface area contributed by atoms with Gasteiger partial charge in [-0.05, 0) is 37.6 Å². The van der Waals surface area contributed by atoms with E-state index in [9.17, 15) is 4.79 Å². The van der Waals surface area contributed by atoms with Crippen molar-refractivity contribution in [3.05, 3.63) is 23.8 Å². The Balaban J connectivity index is 0.00000361. The van der Waals surface area contributed by atoms with E-state index in [4.69, 9.17) is 15.2 Å². The van der Waals surface area contributed by atoms with Gasteiger partial charge in [0.1, 0.15) is 0 Å². The highest BCUT2D eigenvalue weighted by molar-refractivity contribution is 5.85. The van der Waals surface area contributed by atoms with E-state index in [-0.39, 0.29) is 18.3 Å². The van der Waals surface area contributed by atoms with E-state index < -0.39 is 0 Å². The number of rotatable bonds is 8. The first-order valence-electron chi connectivity index (χ1n) is 6.47. The first-order chi connectivity index (χ1) is 9.21. The van der Waals surface area contributed by atoms with Crippen LogP contribution in [0.5, 0.6) is 11.5 Å². The fourth-order valence-electron chi connectivity index (χ4n) is 1.65. The third-order valence-electron chi connectivity index (χ3n) is 2.63. The lowest BCUT2D eigenvalue weighted by atomic mass is 10.2. The van der Waals surface area contributed by atoms with Gasteiger partial charge in [0.2, 0.25) is 5.91 Å². The molecule has 0 saturated carbocycles. The minimum absolute atomic E-state index is 0. The monoisotopic (exact) mass is 302 g/mol. The van der Waals surface area contributed by atoms with Crippen LogP contribution in [-0.2, 0) is 11.3 Å². The predicted octanol–water partition coefficient (Wildman–Crippen LogP) is 1.87. The second-order valence-electron chi connectivity index (χ2n) is 4.09. The van der Waals surface area contributed by atoms with Gasteiger partial charge in [0.05, 0.1) is 13.7 Å². The molecular weight excluding hydrogens is 280 g/mol. The fourth-order valence-corrected chi connectivity index (χ4v) is 1.65. The van der Waals surface area contributed by atoms with E-state index in [1.807, 2.05) is 25.1 Å². The summed E-state index contributed by atoms with van der Waals surface area (Å²) >= 11 is 0. The van der Waals surface area contributed by atoms with Crippen LogP contribution in [-0.4, -0.2) is 26.2 Å². The highest BCUT2D eigenvalue weighted by Gasteiger charge is 2.06. The van der Waals surface area contributed by atoms with E-state index in [0.717, 1.165) is 5.56 Å². The summed E-state index contributed by atoms with van der Waals surface area (Å²) in [5, 5.41) is 2.85. The number of hydrogen-bond acceptors (Lipinski definition) is 4. The van der Waals surface area contributed by atoms with Crippen molar-refractivity contribution in [2.75, 3.05) is 20.3 Å². The quantitative estimate of drug-likeness (QED) is 0.769. The SMILES string of the molecule is CCOc1ccc(CNC(=O)CCCN)cc1OC.Cl. The molecule has 20 heavy (non-hydrogen) atoms. The van der Waals surface area contributed by atoms with Gasteiger partial charge in [-0.2, -0.15) is 0 Å². The Hall–Kier alpha value is -1.46. The molecule has 1 aromatic carbocycles. The van der Waals surface area contributed by atoms with Crippen molar-refractivity contribution >= 4 is 18.3 Å². The average molecular weight is 303 g/mol. The van der Waals surface area contributed by atoms with Crippen LogP contribution in [0, 0.1) is 0 Å². The van der Waals surface area contributed by atoms with Gasteiger partial charge in [-0.25, -0.2) is 0 Å². The summed E-state index contributed by atoms with van der Waals surface area (Å²) in [4.78, 5) is 11.5. The number of methoxy groups -OCH3 is 1. The number of carbonyl (C=O) groups excluding carboxylic acids is 1. The second-order valence-corrected chi connectivity index (χ2v) is 4.09. The minimum Gasteiger partial charge on any atom is -0.493 e. The number of benzene rings is 1. The minimum atomic E-state index is 0. The Morgan fingerprint density at radius 3 is 2.70 bits per heavy atom. The van der Waals surface area contributed by atoms with E-state index >= 15 is 0 Å². The molecule has 0 aliphatic rings. The zero-order valence-electron chi connectivity index (χ0n) is 12.0. The first kappa shape index (κ1) is 18.5. The van der Waals surface area contributed by atoms with Crippen molar-refractivity contribution < 1.29 is 14.3 Å². The van der Waals surface area contributed by atoms with E-state index in [0.29, 0.717) is 44.0 Å². The Morgan fingerprint density at radius 1 is 1.35 bits per heavy atom. The van der Waals surface area contributed by atoms with E-state index in [2.05, 4.69) is 5.32 Å². The molecule has 0 aromatic heterocycles. The molecule has 0 heterocycles. The molecule has 6 heteroatoms. The maximum Gasteiger partial charge on any atom is 0.220 e. The molecule has 0 saturated heterocycles. The van der Waals surface area contributed by atoms with Gasteiger partial charge < -0.3 is 20.5 Å². The molecule has 0 spiro atoms. The molecule has 5 nitrogen and oxygen atoms in total. The third-order valence-corrected chi connectivity index (χ3v) is 2.63. The zero-order chi connectivity index (χ0) is 14.1. The van der Waals surface area contributed by atoms with Crippen molar-refractivity contribution in [2.45, 2.75) is 26.3 Å². The number of nitrogens with one attached hydrogen (secondary N) is 1. The molecule has 3 N–H and O–H groups in total. The second kappa shape index (κ2) is 10.3. The Kier molecular flexibility index (Phi) is 9.59. The van der Waals surface area contributed by atoms with Crippen LogP contribution in [0.15, 0.2) is 18.2 Å². The topological polar surface area (TPSA) is 73.6 Å². The average Bonchev–Trinajstić information content (AvgIpc) is 2.44. The van der Waals surface area contributed by atoms with Crippen molar-refractivity contribution in [3.8, 4) is 11.5 Å². The normalized spacial score (nSPS) is 9.55. The van der Waals surface area contributed by atoms with Crippen molar-refractivity contribution in [3.63, 3.8) is 0 Å². The predicted molar refractivity (Wildman–Crippen MR) is 81.5 cm³/mol. The summed E-state index contributed by atoms with van der Waals surface area (Å²) in [6.07, 6.45) is 1.17. The summed E-state index contributed by atoms with van der Waals surface area (Å²) in [6, 6.07) is 5.63. The van der Waals surface area contributed by atoms with Gasteiger partial charge in [-0.3, -0.25) is 4.79 Å². The van der Waals surface area contributed by atoms with Crippen LogP contribution in [0.25, 0.3) is 0 Å². The van der Waals surface area contributed by atoms with Gasteiger partial charge in [-0.1, -0.05) is 6.07 Å². The summed E-state index contributed by atoms with van der Waals surface area (Å²) < 4.78 is 10.7. The molecule has 0 bridgehead atoms. The lowest BCUT2D eigenvalue weighted by Crippen LogP contribution is -2.23. The fraction of sp³-hybridized carbons (Fsp3) is 0.500. The highest BCUT2D eigenvalue weighted by Crippen LogP contribution is 2.27. The van der Waals surface area contributed by atoms with Gasteiger partial charge >= 0.3 is 0 Å².